The van der Waals surface area contributed by atoms with Crippen molar-refractivity contribution in [2.24, 2.45) is 0 Å². The van der Waals surface area contributed by atoms with Crippen molar-refractivity contribution in [3.05, 3.63) is 11.8 Å². The number of hydrogen-bond donors (Lipinski definition) is 2. The van der Waals surface area contributed by atoms with E-state index in [1.165, 1.54) is 38.8 Å². The highest BCUT2D eigenvalue weighted by atomic mass is 16.3. The van der Waals surface area contributed by atoms with Gasteiger partial charge in [-0.1, -0.05) is 0 Å². The molecule has 0 bridgehead atoms. The summed E-state index contributed by atoms with van der Waals surface area (Å²) < 4.78 is 0. The number of nitrogens with two attached hydrogens (primary N) is 1. The molecule has 2 saturated heterocycles. The molecule has 1 saturated carbocycles. The fourth-order valence-electron chi connectivity index (χ4n) is 4.24. The van der Waals surface area contributed by atoms with Gasteiger partial charge in [0, 0.05) is 31.1 Å². The predicted molar refractivity (Wildman–Crippen MR) is 90.5 cm³/mol. The van der Waals surface area contributed by atoms with Gasteiger partial charge in [-0.25, -0.2) is 4.98 Å². The van der Waals surface area contributed by atoms with E-state index in [1.807, 2.05) is 0 Å². The molecule has 0 aromatic carbocycles. The van der Waals surface area contributed by atoms with Crippen molar-refractivity contribution in [3.8, 4) is 0 Å². The van der Waals surface area contributed by atoms with Crippen molar-refractivity contribution in [2.75, 3.05) is 36.8 Å². The second kappa shape index (κ2) is 6.24. The number of piperidine rings is 1. The number of likely N-dealkylation sites (tertiary alicyclic amines) is 1. The summed E-state index contributed by atoms with van der Waals surface area (Å²) in [6.45, 7) is 4.65. The lowest BCUT2D eigenvalue weighted by Crippen LogP contribution is -2.44. The van der Waals surface area contributed by atoms with E-state index < -0.39 is 0 Å². The molecule has 0 atom stereocenters. The molecule has 4 rings (SSSR count). The molecule has 1 aliphatic carbocycles. The van der Waals surface area contributed by atoms with Gasteiger partial charge in [0.2, 0.25) is 5.95 Å². The molecule has 23 heavy (non-hydrogen) atoms. The van der Waals surface area contributed by atoms with Crippen LogP contribution in [-0.2, 0) is 0 Å². The minimum absolute atomic E-state index is 0.171. The summed E-state index contributed by atoms with van der Waals surface area (Å²) in [5.74, 6) is 1.67. The molecular weight excluding hydrogens is 290 g/mol. The van der Waals surface area contributed by atoms with Crippen LogP contribution in [0, 0.1) is 0 Å². The van der Waals surface area contributed by atoms with Gasteiger partial charge >= 0.3 is 0 Å². The molecule has 0 amide bonds. The zero-order valence-corrected chi connectivity index (χ0v) is 13.7. The maximum atomic E-state index is 9.51. The molecular formula is C17H27N5O. The SMILES string of the molecule is Nc1nc(C2CC(O)C2)cc(N2CCC(N3CCCC3)CC2)n1. The van der Waals surface area contributed by atoms with E-state index in [-0.39, 0.29) is 6.10 Å². The molecule has 6 heteroatoms. The topological polar surface area (TPSA) is 78.5 Å². The summed E-state index contributed by atoms with van der Waals surface area (Å²) in [6, 6.07) is 2.83. The number of hydrogen-bond acceptors (Lipinski definition) is 6. The summed E-state index contributed by atoms with van der Waals surface area (Å²) in [6.07, 6.45) is 6.57. The Hall–Kier alpha value is -1.40. The van der Waals surface area contributed by atoms with Crippen molar-refractivity contribution in [2.45, 2.75) is 56.6 Å². The third-order valence-corrected chi connectivity index (χ3v) is 5.73. The average Bonchev–Trinajstić information content (AvgIpc) is 3.06. The summed E-state index contributed by atoms with van der Waals surface area (Å²) >= 11 is 0. The largest absolute Gasteiger partial charge is 0.393 e. The molecule has 0 radical (unpaired) electrons. The summed E-state index contributed by atoms with van der Waals surface area (Å²) in [7, 11) is 0. The summed E-state index contributed by atoms with van der Waals surface area (Å²) in [5, 5.41) is 9.51. The second-order valence-electron chi connectivity index (χ2n) is 7.29. The van der Waals surface area contributed by atoms with Crippen molar-refractivity contribution in [1.82, 2.24) is 14.9 Å². The molecule has 3 heterocycles. The smallest absolute Gasteiger partial charge is 0.222 e. The van der Waals surface area contributed by atoms with Crippen LogP contribution >= 0.6 is 0 Å². The van der Waals surface area contributed by atoms with Crippen LogP contribution in [-0.4, -0.2) is 58.3 Å². The van der Waals surface area contributed by atoms with Crippen LogP contribution in [0.25, 0.3) is 0 Å². The maximum absolute atomic E-state index is 9.51. The van der Waals surface area contributed by atoms with Gasteiger partial charge in [-0.3, -0.25) is 0 Å². The van der Waals surface area contributed by atoms with Crippen LogP contribution in [0.3, 0.4) is 0 Å². The standard InChI is InChI=1S/C17H27N5O/c18-17-19-15(12-9-14(23)10-12)11-16(20-17)22-7-3-13(4-8-22)21-5-1-2-6-21/h11-14,23H,1-10H2,(H2,18,19,20). The second-order valence-corrected chi connectivity index (χ2v) is 7.29. The number of aliphatic hydroxyl groups excluding tert-OH is 1. The molecule has 6 nitrogen and oxygen atoms in total. The first-order valence-corrected chi connectivity index (χ1v) is 9.00. The van der Waals surface area contributed by atoms with Crippen molar-refractivity contribution >= 4 is 11.8 Å². The van der Waals surface area contributed by atoms with Crippen molar-refractivity contribution in [3.63, 3.8) is 0 Å². The predicted octanol–water partition coefficient (Wildman–Crippen LogP) is 1.36. The molecule has 0 spiro atoms. The fourth-order valence-corrected chi connectivity index (χ4v) is 4.24. The van der Waals surface area contributed by atoms with Crippen LogP contribution in [0.1, 0.15) is 50.1 Å². The van der Waals surface area contributed by atoms with Crippen molar-refractivity contribution < 1.29 is 5.11 Å². The van der Waals surface area contributed by atoms with Gasteiger partial charge in [0.15, 0.2) is 0 Å². The Morgan fingerprint density at radius 3 is 2.39 bits per heavy atom. The molecule has 1 aromatic heterocycles. The first-order valence-electron chi connectivity index (χ1n) is 9.00. The monoisotopic (exact) mass is 317 g/mol. The number of anilines is 2. The third-order valence-electron chi connectivity index (χ3n) is 5.73. The third kappa shape index (κ3) is 3.15. The minimum Gasteiger partial charge on any atom is -0.393 e. The van der Waals surface area contributed by atoms with Gasteiger partial charge in [-0.15, -0.1) is 0 Å². The summed E-state index contributed by atoms with van der Waals surface area (Å²) in [5.41, 5.74) is 6.92. The highest BCUT2D eigenvalue weighted by Crippen LogP contribution is 2.37. The molecule has 3 N–H and O–H groups in total. The van der Waals surface area contributed by atoms with E-state index >= 15 is 0 Å². The van der Waals surface area contributed by atoms with Gasteiger partial charge in [0.05, 0.1) is 11.8 Å². The van der Waals surface area contributed by atoms with Gasteiger partial charge in [0.25, 0.3) is 0 Å². The van der Waals surface area contributed by atoms with E-state index in [0.29, 0.717) is 11.9 Å². The van der Waals surface area contributed by atoms with Crippen molar-refractivity contribution in [1.29, 1.82) is 0 Å². The minimum atomic E-state index is -0.171. The van der Waals surface area contributed by atoms with Gasteiger partial charge < -0.3 is 20.6 Å². The number of rotatable bonds is 3. The van der Waals surface area contributed by atoms with Crippen LogP contribution in [0.2, 0.25) is 0 Å². The first-order chi connectivity index (χ1) is 11.2. The van der Waals surface area contributed by atoms with E-state index in [9.17, 15) is 5.11 Å². The summed E-state index contributed by atoms with van der Waals surface area (Å²) in [4.78, 5) is 13.9. The Balaban J connectivity index is 1.42. The zero-order valence-electron chi connectivity index (χ0n) is 13.7. The lowest BCUT2D eigenvalue weighted by Gasteiger charge is -2.37. The number of aromatic nitrogens is 2. The van der Waals surface area contributed by atoms with E-state index in [4.69, 9.17) is 5.73 Å². The number of nitrogens with zero attached hydrogens (tertiary/aromatic N) is 4. The van der Waals surface area contributed by atoms with Crippen LogP contribution in [0.4, 0.5) is 11.8 Å². The van der Waals surface area contributed by atoms with E-state index in [2.05, 4.69) is 25.8 Å². The van der Waals surface area contributed by atoms with Gasteiger partial charge in [0.1, 0.15) is 5.82 Å². The molecule has 1 aromatic rings. The highest BCUT2D eigenvalue weighted by Gasteiger charge is 2.31. The Kier molecular flexibility index (Phi) is 4.11. The molecule has 2 aliphatic heterocycles. The van der Waals surface area contributed by atoms with Crippen LogP contribution in [0.15, 0.2) is 6.07 Å². The molecule has 3 aliphatic rings. The average molecular weight is 317 g/mol. The quantitative estimate of drug-likeness (QED) is 0.876. The lowest BCUT2D eigenvalue weighted by molar-refractivity contribution is 0.0732. The molecule has 126 valence electrons. The number of aliphatic hydroxyl groups is 1. The van der Waals surface area contributed by atoms with Gasteiger partial charge in [-0.05, 0) is 51.6 Å². The molecule has 3 fully saturated rings. The van der Waals surface area contributed by atoms with Gasteiger partial charge in [-0.2, -0.15) is 4.98 Å². The van der Waals surface area contributed by atoms with Crippen LogP contribution < -0.4 is 10.6 Å². The first kappa shape index (κ1) is 15.1. The van der Waals surface area contributed by atoms with E-state index in [0.717, 1.165) is 43.5 Å². The Bertz CT molecular complexity index is 546. The lowest BCUT2D eigenvalue weighted by atomic mass is 9.80. The highest BCUT2D eigenvalue weighted by molar-refractivity contribution is 5.45. The maximum Gasteiger partial charge on any atom is 0.222 e. The zero-order chi connectivity index (χ0) is 15.8. The Morgan fingerprint density at radius 1 is 1.04 bits per heavy atom. The fraction of sp³-hybridized carbons (Fsp3) is 0.765. The van der Waals surface area contributed by atoms with Crippen LogP contribution in [0.5, 0.6) is 0 Å². The normalized spacial score (nSPS) is 29.7. The number of nitrogen functional groups attached to an aromatic ring is 1. The Morgan fingerprint density at radius 2 is 1.74 bits per heavy atom. The molecule has 0 unspecified atom stereocenters. The Labute approximate surface area is 137 Å². The van der Waals surface area contributed by atoms with E-state index in [1.54, 1.807) is 0 Å².